The van der Waals surface area contributed by atoms with Crippen LogP contribution >= 0.6 is 0 Å². The van der Waals surface area contributed by atoms with Gasteiger partial charge in [-0.05, 0) is 62.6 Å². The smallest absolute Gasteiger partial charge is 0.339 e. The van der Waals surface area contributed by atoms with Gasteiger partial charge in [0.2, 0.25) is 0 Å². The summed E-state index contributed by atoms with van der Waals surface area (Å²) in [5.41, 5.74) is 5.23. The van der Waals surface area contributed by atoms with E-state index in [4.69, 9.17) is 4.74 Å². The Hall–Kier alpha value is -2.42. The molecule has 3 nitrogen and oxygen atoms in total. The predicted molar refractivity (Wildman–Crippen MR) is 88.8 cm³/mol. The number of aromatic nitrogens is 1. The van der Waals surface area contributed by atoms with Gasteiger partial charge in [-0.15, -0.1) is 0 Å². The standard InChI is InChI=1S/C19H21NO2/c1-6-16-7-8-17(13(3)11-16)19(21)22-15(5)18-10-12(2)9-14(4)20-18/h6-11,15H,1H2,2-5H3. The predicted octanol–water partition coefficient (Wildman–Crippen LogP) is 4.57. The number of rotatable bonds is 4. The Bertz CT molecular complexity index is 699. The minimum Gasteiger partial charge on any atom is -0.453 e. The molecule has 114 valence electrons. The molecule has 0 spiro atoms. The van der Waals surface area contributed by atoms with Gasteiger partial charge in [0.05, 0.1) is 11.3 Å². The fraction of sp³-hybridized carbons (Fsp3) is 0.263. The number of ether oxygens (including phenoxy) is 1. The van der Waals surface area contributed by atoms with Crippen LogP contribution in [0.15, 0.2) is 36.9 Å². The van der Waals surface area contributed by atoms with Gasteiger partial charge in [0.1, 0.15) is 6.10 Å². The molecule has 0 saturated heterocycles. The lowest BCUT2D eigenvalue weighted by atomic mass is 10.1. The Morgan fingerprint density at radius 2 is 1.95 bits per heavy atom. The summed E-state index contributed by atoms with van der Waals surface area (Å²) in [6, 6.07) is 9.49. The largest absolute Gasteiger partial charge is 0.453 e. The first-order valence-corrected chi connectivity index (χ1v) is 7.30. The molecule has 0 aliphatic heterocycles. The topological polar surface area (TPSA) is 39.2 Å². The molecule has 0 bridgehead atoms. The lowest BCUT2D eigenvalue weighted by Gasteiger charge is -2.15. The van der Waals surface area contributed by atoms with Crippen molar-refractivity contribution in [2.75, 3.05) is 0 Å². The van der Waals surface area contributed by atoms with Gasteiger partial charge >= 0.3 is 5.97 Å². The van der Waals surface area contributed by atoms with E-state index >= 15 is 0 Å². The first-order chi connectivity index (χ1) is 10.4. The Morgan fingerprint density at radius 1 is 1.23 bits per heavy atom. The molecule has 0 N–H and O–H groups in total. The summed E-state index contributed by atoms with van der Waals surface area (Å²) in [6.07, 6.45) is 1.37. The summed E-state index contributed by atoms with van der Waals surface area (Å²) in [5.74, 6) is -0.332. The van der Waals surface area contributed by atoms with Crippen LogP contribution in [-0.2, 0) is 4.74 Å². The number of carbonyl (C=O) groups is 1. The van der Waals surface area contributed by atoms with Crippen LogP contribution < -0.4 is 0 Å². The maximum absolute atomic E-state index is 12.3. The minimum atomic E-state index is -0.385. The normalized spacial score (nSPS) is 11.8. The molecule has 2 rings (SSSR count). The van der Waals surface area contributed by atoms with Crippen LogP contribution in [0.2, 0.25) is 0 Å². The molecule has 22 heavy (non-hydrogen) atoms. The molecule has 0 amide bonds. The van der Waals surface area contributed by atoms with Crippen molar-refractivity contribution in [2.45, 2.75) is 33.8 Å². The van der Waals surface area contributed by atoms with Gasteiger partial charge in [-0.25, -0.2) is 4.79 Å². The van der Waals surface area contributed by atoms with E-state index in [1.54, 1.807) is 12.1 Å². The molecular weight excluding hydrogens is 274 g/mol. The second-order valence-electron chi connectivity index (χ2n) is 5.54. The number of hydrogen-bond acceptors (Lipinski definition) is 3. The Labute approximate surface area is 131 Å². The van der Waals surface area contributed by atoms with E-state index in [9.17, 15) is 4.79 Å². The van der Waals surface area contributed by atoms with Gasteiger partial charge in [-0.3, -0.25) is 4.98 Å². The molecule has 0 saturated carbocycles. The van der Waals surface area contributed by atoms with Crippen molar-refractivity contribution in [1.29, 1.82) is 0 Å². The molecule has 3 heteroatoms. The van der Waals surface area contributed by atoms with E-state index in [2.05, 4.69) is 11.6 Å². The summed E-state index contributed by atoms with van der Waals surface area (Å²) in [7, 11) is 0. The molecule has 1 heterocycles. The van der Waals surface area contributed by atoms with E-state index in [1.165, 1.54) is 0 Å². The first-order valence-electron chi connectivity index (χ1n) is 7.30. The van der Waals surface area contributed by atoms with Crippen LogP contribution in [0.4, 0.5) is 0 Å². The molecule has 0 fully saturated rings. The number of esters is 1. The van der Waals surface area contributed by atoms with Crippen molar-refractivity contribution in [3.8, 4) is 0 Å². The zero-order valence-corrected chi connectivity index (χ0v) is 13.5. The fourth-order valence-corrected chi connectivity index (χ4v) is 2.41. The maximum Gasteiger partial charge on any atom is 0.339 e. The fourth-order valence-electron chi connectivity index (χ4n) is 2.41. The summed E-state index contributed by atoms with van der Waals surface area (Å²) in [6.45, 7) is 11.4. The van der Waals surface area contributed by atoms with Crippen LogP contribution in [0.5, 0.6) is 0 Å². The molecule has 1 unspecified atom stereocenters. The molecular formula is C19H21NO2. The van der Waals surface area contributed by atoms with Crippen molar-refractivity contribution in [2.24, 2.45) is 0 Å². The number of nitrogens with zero attached hydrogens (tertiary/aromatic N) is 1. The minimum absolute atomic E-state index is 0.332. The van der Waals surface area contributed by atoms with Crippen molar-refractivity contribution in [1.82, 2.24) is 4.98 Å². The van der Waals surface area contributed by atoms with E-state index in [0.717, 1.165) is 28.1 Å². The van der Waals surface area contributed by atoms with Gasteiger partial charge in [0, 0.05) is 5.69 Å². The van der Waals surface area contributed by atoms with Gasteiger partial charge in [0.25, 0.3) is 0 Å². The summed E-state index contributed by atoms with van der Waals surface area (Å²) < 4.78 is 5.56. The van der Waals surface area contributed by atoms with Crippen molar-refractivity contribution < 1.29 is 9.53 Å². The third kappa shape index (κ3) is 3.61. The third-order valence-corrected chi connectivity index (χ3v) is 3.52. The highest BCUT2D eigenvalue weighted by atomic mass is 16.5. The number of aryl methyl sites for hydroxylation is 3. The van der Waals surface area contributed by atoms with Gasteiger partial charge < -0.3 is 4.74 Å². The van der Waals surface area contributed by atoms with E-state index in [0.29, 0.717) is 5.56 Å². The average Bonchev–Trinajstić information content (AvgIpc) is 2.45. The van der Waals surface area contributed by atoms with Crippen molar-refractivity contribution in [3.05, 3.63) is 70.6 Å². The highest BCUT2D eigenvalue weighted by molar-refractivity contribution is 5.91. The lowest BCUT2D eigenvalue weighted by Crippen LogP contribution is -2.12. The van der Waals surface area contributed by atoms with Gasteiger partial charge in [0.15, 0.2) is 0 Å². The Morgan fingerprint density at radius 3 is 2.55 bits per heavy atom. The summed E-state index contributed by atoms with van der Waals surface area (Å²) in [5, 5.41) is 0. The molecule has 0 aliphatic carbocycles. The van der Waals surface area contributed by atoms with Crippen LogP contribution in [-0.4, -0.2) is 11.0 Å². The number of benzene rings is 1. The molecule has 2 aromatic rings. The second kappa shape index (κ2) is 6.56. The third-order valence-electron chi connectivity index (χ3n) is 3.52. The van der Waals surface area contributed by atoms with E-state index in [-0.39, 0.29) is 12.1 Å². The summed E-state index contributed by atoms with van der Waals surface area (Å²) in [4.78, 5) is 16.8. The molecule has 1 atom stereocenters. The monoisotopic (exact) mass is 295 g/mol. The average molecular weight is 295 g/mol. The van der Waals surface area contributed by atoms with Crippen molar-refractivity contribution in [3.63, 3.8) is 0 Å². The number of carbonyl (C=O) groups excluding carboxylic acids is 1. The Balaban J connectivity index is 2.19. The van der Waals surface area contributed by atoms with Crippen LogP contribution in [0, 0.1) is 20.8 Å². The zero-order chi connectivity index (χ0) is 16.3. The highest BCUT2D eigenvalue weighted by Gasteiger charge is 2.17. The first kappa shape index (κ1) is 16.0. The SMILES string of the molecule is C=Cc1ccc(C(=O)OC(C)c2cc(C)cc(C)n2)c(C)c1. The van der Waals surface area contributed by atoms with Crippen molar-refractivity contribution >= 4 is 12.0 Å². The van der Waals surface area contributed by atoms with Gasteiger partial charge in [-0.2, -0.15) is 0 Å². The lowest BCUT2D eigenvalue weighted by molar-refractivity contribution is 0.0328. The van der Waals surface area contributed by atoms with Crippen LogP contribution in [0.25, 0.3) is 6.08 Å². The zero-order valence-electron chi connectivity index (χ0n) is 13.5. The number of hydrogen-bond donors (Lipinski definition) is 0. The molecule has 1 aromatic heterocycles. The van der Waals surface area contributed by atoms with Crippen LogP contribution in [0.1, 0.15) is 51.5 Å². The Kier molecular flexibility index (Phi) is 4.76. The van der Waals surface area contributed by atoms with Crippen LogP contribution in [0.3, 0.4) is 0 Å². The summed E-state index contributed by atoms with van der Waals surface area (Å²) >= 11 is 0. The maximum atomic E-state index is 12.3. The number of pyridine rings is 1. The highest BCUT2D eigenvalue weighted by Crippen LogP contribution is 2.20. The second-order valence-corrected chi connectivity index (χ2v) is 5.54. The molecule has 0 radical (unpaired) electrons. The van der Waals surface area contributed by atoms with E-state index < -0.39 is 0 Å². The van der Waals surface area contributed by atoms with Gasteiger partial charge in [-0.1, -0.05) is 24.8 Å². The quantitative estimate of drug-likeness (QED) is 0.776. The van der Waals surface area contributed by atoms with E-state index in [1.807, 2.05) is 52.0 Å². The molecule has 0 aliphatic rings. The molecule has 1 aromatic carbocycles.